The molecular weight excluding hydrogens is 228 g/mol. The van der Waals surface area contributed by atoms with Crippen molar-refractivity contribution in [1.82, 2.24) is 0 Å². The van der Waals surface area contributed by atoms with Crippen molar-refractivity contribution in [3.8, 4) is 0 Å². The Morgan fingerprint density at radius 3 is 2.79 bits per heavy atom. The van der Waals surface area contributed by atoms with Crippen molar-refractivity contribution in [3.05, 3.63) is 24.1 Å². The van der Waals surface area contributed by atoms with Crippen LogP contribution < -0.4 is 0 Å². The number of rotatable bonds is 10. The molecule has 0 fully saturated rings. The van der Waals surface area contributed by atoms with E-state index >= 15 is 0 Å². The SMILES string of the molecule is C=CCSCC=CSSCCCCC. The second kappa shape index (κ2) is 13.5. The predicted molar refractivity (Wildman–Crippen MR) is 76.2 cm³/mol. The maximum absolute atomic E-state index is 3.68. The fourth-order valence-electron chi connectivity index (χ4n) is 0.796. The average Bonchev–Trinajstić information content (AvgIpc) is 2.21. The first kappa shape index (κ1) is 14.5. The quantitative estimate of drug-likeness (QED) is 0.304. The summed E-state index contributed by atoms with van der Waals surface area (Å²) in [7, 11) is 3.82. The third-order valence-electron chi connectivity index (χ3n) is 1.50. The maximum Gasteiger partial charge on any atom is 0.0124 e. The van der Waals surface area contributed by atoms with Crippen LogP contribution in [0.2, 0.25) is 0 Å². The van der Waals surface area contributed by atoms with E-state index in [4.69, 9.17) is 0 Å². The molecule has 3 heteroatoms. The molecule has 0 amide bonds. The van der Waals surface area contributed by atoms with Gasteiger partial charge in [-0.3, -0.25) is 0 Å². The van der Waals surface area contributed by atoms with Crippen LogP contribution in [0, 0.1) is 0 Å². The van der Waals surface area contributed by atoms with Gasteiger partial charge in [0.15, 0.2) is 0 Å². The molecule has 0 aliphatic carbocycles. The Labute approximate surface area is 101 Å². The van der Waals surface area contributed by atoms with E-state index in [2.05, 4.69) is 25.0 Å². The summed E-state index contributed by atoms with van der Waals surface area (Å²) in [5.41, 5.74) is 0. The minimum absolute atomic E-state index is 1.05. The number of unbranched alkanes of at least 4 members (excludes halogenated alkanes) is 2. The van der Waals surface area contributed by atoms with Gasteiger partial charge in [0.25, 0.3) is 0 Å². The Morgan fingerprint density at radius 1 is 1.21 bits per heavy atom. The van der Waals surface area contributed by atoms with Crippen LogP contribution in [0.25, 0.3) is 0 Å². The van der Waals surface area contributed by atoms with Gasteiger partial charge in [-0.2, -0.15) is 11.8 Å². The third kappa shape index (κ3) is 12.5. The normalized spacial score (nSPS) is 10.9. The van der Waals surface area contributed by atoms with E-state index in [0.29, 0.717) is 0 Å². The number of thioether (sulfide) groups is 1. The highest BCUT2D eigenvalue weighted by Crippen LogP contribution is 2.24. The van der Waals surface area contributed by atoms with Crippen molar-refractivity contribution < 1.29 is 0 Å². The van der Waals surface area contributed by atoms with Crippen LogP contribution in [0.1, 0.15) is 26.2 Å². The first-order chi connectivity index (χ1) is 6.91. The van der Waals surface area contributed by atoms with Gasteiger partial charge in [0.05, 0.1) is 0 Å². The lowest BCUT2D eigenvalue weighted by atomic mass is 10.3. The first-order valence-corrected chi connectivity index (χ1v) is 8.57. The molecule has 0 atom stereocenters. The topological polar surface area (TPSA) is 0 Å². The largest absolute Gasteiger partial charge is 0.154 e. The van der Waals surface area contributed by atoms with Gasteiger partial charge in [0, 0.05) is 17.3 Å². The maximum atomic E-state index is 3.68. The zero-order valence-electron chi connectivity index (χ0n) is 8.91. The van der Waals surface area contributed by atoms with Crippen LogP contribution in [-0.4, -0.2) is 17.3 Å². The Morgan fingerprint density at radius 2 is 2.07 bits per heavy atom. The minimum Gasteiger partial charge on any atom is -0.154 e. The molecule has 0 aliphatic heterocycles. The summed E-state index contributed by atoms with van der Waals surface area (Å²) in [4.78, 5) is 0. The van der Waals surface area contributed by atoms with Gasteiger partial charge in [-0.1, -0.05) is 53.5 Å². The molecule has 82 valence electrons. The molecular formula is C11H20S3. The highest BCUT2D eigenvalue weighted by Gasteiger charge is 1.86. The van der Waals surface area contributed by atoms with E-state index in [0.717, 1.165) is 11.5 Å². The zero-order valence-corrected chi connectivity index (χ0v) is 11.4. The van der Waals surface area contributed by atoms with Crippen molar-refractivity contribution in [1.29, 1.82) is 0 Å². The van der Waals surface area contributed by atoms with E-state index in [-0.39, 0.29) is 0 Å². The van der Waals surface area contributed by atoms with Crippen molar-refractivity contribution in [2.75, 3.05) is 17.3 Å². The van der Waals surface area contributed by atoms with Crippen LogP contribution in [0.4, 0.5) is 0 Å². The lowest BCUT2D eigenvalue weighted by molar-refractivity contribution is 0.780. The molecule has 0 N–H and O–H groups in total. The molecule has 0 aromatic carbocycles. The van der Waals surface area contributed by atoms with E-state index in [1.54, 1.807) is 0 Å². The third-order valence-corrected chi connectivity index (χ3v) is 4.54. The first-order valence-electron chi connectivity index (χ1n) is 5.03. The van der Waals surface area contributed by atoms with E-state index in [1.807, 2.05) is 39.4 Å². The summed E-state index contributed by atoms with van der Waals surface area (Å²) in [5, 5.41) is 2.20. The molecule has 0 heterocycles. The van der Waals surface area contributed by atoms with Gasteiger partial charge in [-0.05, 0) is 11.8 Å². The summed E-state index contributed by atoms with van der Waals surface area (Å²) in [5.74, 6) is 3.44. The fourth-order valence-corrected chi connectivity index (χ4v) is 3.24. The predicted octanol–water partition coefficient (Wildman–Crippen LogP) is 4.99. The second-order valence-corrected chi connectivity index (χ2v) is 6.29. The van der Waals surface area contributed by atoms with E-state index in [9.17, 15) is 0 Å². The lowest BCUT2D eigenvalue weighted by Gasteiger charge is -1.95. The van der Waals surface area contributed by atoms with Gasteiger partial charge < -0.3 is 0 Å². The molecule has 0 saturated carbocycles. The highest BCUT2D eigenvalue weighted by molar-refractivity contribution is 8.77. The summed E-state index contributed by atoms with van der Waals surface area (Å²) >= 11 is 1.90. The summed E-state index contributed by atoms with van der Waals surface area (Å²) in [6.45, 7) is 5.93. The second-order valence-electron chi connectivity index (χ2n) is 2.82. The minimum atomic E-state index is 1.05. The van der Waals surface area contributed by atoms with Crippen molar-refractivity contribution in [2.24, 2.45) is 0 Å². The lowest BCUT2D eigenvalue weighted by Crippen LogP contribution is -1.75. The molecule has 14 heavy (non-hydrogen) atoms. The standard InChI is InChI=1S/C11H20S3/c1-3-5-6-10-13-14-11-7-9-12-8-4-2/h4,7,11H,2-3,5-6,8-10H2,1H3. The fraction of sp³-hybridized carbons (Fsp3) is 0.636. The van der Waals surface area contributed by atoms with Crippen LogP contribution in [-0.2, 0) is 0 Å². The smallest absolute Gasteiger partial charge is 0.0124 e. The average molecular weight is 248 g/mol. The van der Waals surface area contributed by atoms with Gasteiger partial charge in [0.2, 0.25) is 0 Å². The van der Waals surface area contributed by atoms with Gasteiger partial charge >= 0.3 is 0 Å². The zero-order chi connectivity index (χ0) is 10.5. The summed E-state index contributed by atoms with van der Waals surface area (Å²) < 4.78 is 0. The van der Waals surface area contributed by atoms with Crippen LogP contribution in [0.3, 0.4) is 0 Å². The Hall–Kier alpha value is 0.530. The van der Waals surface area contributed by atoms with Gasteiger partial charge in [0.1, 0.15) is 0 Å². The number of hydrogen-bond acceptors (Lipinski definition) is 3. The Bertz CT molecular complexity index is 143. The summed E-state index contributed by atoms with van der Waals surface area (Å²) in [6.07, 6.45) is 8.22. The highest BCUT2D eigenvalue weighted by atomic mass is 33.1. The van der Waals surface area contributed by atoms with E-state index in [1.165, 1.54) is 25.0 Å². The van der Waals surface area contributed by atoms with Gasteiger partial charge in [-0.15, -0.1) is 6.58 Å². The molecule has 0 rings (SSSR count). The molecule has 0 aromatic heterocycles. The monoisotopic (exact) mass is 248 g/mol. The van der Waals surface area contributed by atoms with Crippen LogP contribution in [0.5, 0.6) is 0 Å². The molecule has 0 unspecified atom stereocenters. The molecule has 0 spiro atoms. The van der Waals surface area contributed by atoms with Crippen molar-refractivity contribution in [3.63, 3.8) is 0 Å². The molecule has 0 bridgehead atoms. The van der Waals surface area contributed by atoms with Crippen LogP contribution >= 0.6 is 33.3 Å². The Balaban J connectivity index is 2.99. The molecule has 0 aromatic rings. The molecule has 0 nitrogen and oxygen atoms in total. The molecule has 0 saturated heterocycles. The van der Waals surface area contributed by atoms with Gasteiger partial charge in [-0.25, -0.2) is 0 Å². The number of hydrogen-bond donors (Lipinski definition) is 0. The van der Waals surface area contributed by atoms with Crippen molar-refractivity contribution >= 4 is 33.3 Å². The molecule has 0 aliphatic rings. The van der Waals surface area contributed by atoms with E-state index < -0.39 is 0 Å². The molecule has 0 radical (unpaired) electrons. The Kier molecular flexibility index (Phi) is 14.0. The van der Waals surface area contributed by atoms with Crippen LogP contribution in [0.15, 0.2) is 24.1 Å². The van der Waals surface area contributed by atoms with Crippen molar-refractivity contribution in [2.45, 2.75) is 26.2 Å². The summed E-state index contributed by atoms with van der Waals surface area (Å²) in [6, 6.07) is 0.